The maximum atomic E-state index is 12.1. The van der Waals surface area contributed by atoms with Crippen LogP contribution >= 0.6 is 0 Å². The lowest BCUT2D eigenvalue weighted by Gasteiger charge is -2.15. The first-order valence-corrected chi connectivity index (χ1v) is 10.7. The lowest BCUT2D eigenvalue weighted by atomic mass is 10.1. The van der Waals surface area contributed by atoms with Crippen molar-refractivity contribution in [3.63, 3.8) is 0 Å². The molecule has 1 saturated heterocycles. The van der Waals surface area contributed by atoms with Gasteiger partial charge in [0.2, 0.25) is 11.8 Å². The zero-order chi connectivity index (χ0) is 22.1. The van der Waals surface area contributed by atoms with Crippen molar-refractivity contribution < 1.29 is 9.59 Å². The van der Waals surface area contributed by atoms with Gasteiger partial charge in [0.25, 0.3) is 0 Å². The number of hydrogen-bond donors (Lipinski definition) is 2. The van der Waals surface area contributed by atoms with Gasteiger partial charge in [-0.3, -0.25) is 9.59 Å². The largest absolute Gasteiger partial charge is 0.371 e. The van der Waals surface area contributed by atoms with Crippen molar-refractivity contribution in [3.8, 4) is 11.8 Å². The van der Waals surface area contributed by atoms with E-state index in [0.717, 1.165) is 42.4 Å². The summed E-state index contributed by atoms with van der Waals surface area (Å²) in [5.41, 5.74) is 3.01. The molecule has 1 aliphatic heterocycles. The number of benzene rings is 1. The standard InChI is InChI=1S/C24H22N6O2/c1-25-23-22-19(13-20(28-29-22)27-24(32)16-8-9-16)17(14-26-23)7-4-15-5-10-18(11-6-15)30-12-2-3-21(30)31/h5-6,10-11,13-14,16H,2-3,8-9,12H2,1H3,(H,25,26)(H,27,28,32). The van der Waals surface area contributed by atoms with Crippen LogP contribution in [0.2, 0.25) is 0 Å². The number of carbonyl (C=O) groups is 2. The van der Waals surface area contributed by atoms with Gasteiger partial charge in [-0.15, -0.1) is 10.2 Å². The molecule has 1 saturated carbocycles. The highest BCUT2D eigenvalue weighted by Gasteiger charge is 2.30. The minimum atomic E-state index is -0.0224. The zero-order valence-corrected chi connectivity index (χ0v) is 17.7. The van der Waals surface area contributed by atoms with Gasteiger partial charge in [0.1, 0.15) is 5.52 Å². The molecule has 8 heteroatoms. The first-order chi connectivity index (χ1) is 15.6. The third kappa shape index (κ3) is 3.97. The highest BCUT2D eigenvalue weighted by molar-refractivity contribution is 5.98. The number of pyridine rings is 1. The number of nitrogens with one attached hydrogen (secondary N) is 2. The topological polar surface area (TPSA) is 100 Å². The molecule has 1 aliphatic carbocycles. The number of nitrogens with zero attached hydrogens (tertiary/aromatic N) is 4. The number of amides is 2. The lowest BCUT2D eigenvalue weighted by molar-refractivity contribution is -0.118. The molecule has 0 radical (unpaired) electrons. The van der Waals surface area contributed by atoms with Gasteiger partial charge in [-0.1, -0.05) is 11.8 Å². The fraction of sp³-hybridized carbons (Fsp3) is 0.292. The van der Waals surface area contributed by atoms with Crippen molar-refractivity contribution in [2.45, 2.75) is 25.7 Å². The van der Waals surface area contributed by atoms with Gasteiger partial charge < -0.3 is 15.5 Å². The molecule has 2 fully saturated rings. The fourth-order valence-corrected chi connectivity index (χ4v) is 3.73. The monoisotopic (exact) mass is 426 g/mol. The van der Waals surface area contributed by atoms with Crippen molar-refractivity contribution >= 4 is 40.0 Å². The van der Waals surface area contributed by atoms with Crippen LogP contribution in [-0.4, -0.2) is 40.6 Å². The van der Waals surface area contributed by atoms with Crippen molar-refractivity contribution in [1.29, 1.82) is 0 Å². The second kappa shape index (κ2) is 8.27. The lowest BCUT2D eigenvalue weighted by Crippen LogP contribution is -2.23. The second-order valence-electron chi connectivity index (χ2n) is 7.97. The Hall–Kier alpha value is -3.99. The Kier molecular flexibility index (Phi) is 5.15. The molecule has 2 aliphatic rings. The molecule has 2 amide bonds. The summed E-state index contributed by atoms with van der Waals surface area (Å²) >= 11 is 0. The van der Waals surface area contributed by atoms with Crippen LogP contribution in [0.25, 0.3) is 10.9 Å². The van der Waals surface area contributed by atoms with E-state index in [9.17, 15) is 9.59 Å². The summed E-state index contributed by atoms with van der Waals surface area (Å²) in [6, 6.07) is 9.45. The number of aromatic nitrogens is 3. The Bertz CT molecular complexity index is 1270. The molecule has 1 aromatic carbocycles. The first-order valence-electron chi connectivity index (χ1n) is 10.7. The van der Waals surface area contributed by atoms with Crippen molar-refractivity contribution in [2.24, 2.45) is 5.92 Å². The summed E-state index contributed by atoms with van der Waals surface area (Å²) in [5.74, 6) is 7.55. The van der Waals surface area contributed by atoms with E-state index >= 15 is 0 Å². The summed E-state index contributed by atoms with van der Waals surface area (Å²) in [7, 11) is 1.77. The van der Waals surface area contributed by atoms with E-state index in [4.69, 9.17) is 0 Å². The minimum absolute atomic E-state index is 0.0224. The molecule has 3 heterocycles. The molecule has 8 nitrogen and oxygen atoms in total. The van der Waals surface area contributed by atoms with Crippen molar-refractivity contribution in [1.82, 2.24) is 15.2 Å². The summed E-state index contributed by atoms with van der Waals surface area (Å²) in [5, 5.41) is 15.0. The smallest absolute Gasteiger partial charge is 0.228 e. The van der Waals surface area contributed by atoms with Gasteiger partial charge >= 0.3 is 0 Å². The van der Waals surface area contributed by atoms with Gasteiger partial charge in [-0.05, 0) is 49.6 Å². The maximum Gasteiger partial charge on any atom is 0.228 e. The quantitative estimate of drug-likeness (QED) is 0.622. The highest BCUT2D eigenvalue weighted by Crippen LogP contribution is 2.30. The van der Waals surface area contributed by atoms with E-state index in [1.165, 1.54) is 0 Å². The summed E-state index contributed by atoms with van der Waals surface area (Å²) in [4.78, 5) is 30.2. The van der Waals surface area contributed by atoms with Gasteiger partial charge in [-0.25, -0.2) is 4.98 Å². The maximum absolute atomic E-state index is 12.1. The molecule has 160 valence electrons. The third-order valence-corrected chi connectivity index (χ3v) is 5.66. The fourth-order valence-electron chi connectivity index (χ4n) is 3.73. The Balaban J connectivity index is 1.45. The Labute approximate surface area is 185 Å². The van der Waals surface area contributed by atoms with E-state index in [0.29, 0.717) is 29.1 Å². The molecule has 3 aromatic rings. The van der Waals surface area contributed by atoms with Crippen molar-refractivity contribution in [3.05, 3.63) is 47.7 Å². The number of anilines is 3. The van der Waals surface area contributed by atoms with Crippen LogP contribution in [0.1, 0.15) is 36.8 Å². The predicted octanol–water partition coefficient (Wildman–Crippen LogP) is 2.94. The predicted molar refractivity (Wildman–Crippen MR) is 122 cm³/mol. The summed E-state index contributed by atoms with van der Waals surface area (Å²) in [6.07, 6.45) is 5.03. The van der Waals surface area contributed by atoms with Crippen LogP contribution in [0.3, 0.4) is 0 Å². The molecule has 32 heavy (non-hydrogen) atoms. The first kappa shape index (κ1) is 19.9. The summed E-state index contributed by atoms with van der Waals surface area (Å²) in [6.45, 7) is 0.764. The van der Waals surface area contributed by atoms with Gasteiger partial charge in [0.15, 0.2) is 11.6 Å². The average molecular weight is 426 g/mol. The molecule has 2 N–H and O–H groups in total. The zero-order valence-electron chi connectivity index (χ0n) is 17.7. The summed E-state index contributed by atoms with van der Waals surface area (Å²) < 4.78 is 0. The van der Waals surface area contributed by atoms with Gasteiger partial charge in [-0.2, -0.15) is 0 Å². The molecule has 0 spiro atoms. The van der Waals surface area contributed by atoms with Crippen LogP contribution in [-0.2, 0) is 9.59 Å². The molecule has 0 bridgehead atoms. The third-order valence-electron chi connectivity index (χ3n) is 5.66. The minimum Gasteiger partial charge on any atom is -0.371 e. The molecule has 0 unspecified atom stereocenters. The Morgan fingerprint density at radius 3 is 2.66 bits per heavy atom. The van der Waals surface area contributed by atoms with Gasteiger partial charge in [0, 0.05) is 48.8 Å². The van der Waals surface area contributed by atoms with Crippen molar-refractivity contribution in [2.75, 3.05) is 29.1 Å². The highest BCUT2D eigenvalue weighted by atomic mass is 16.2. The molecule has 5 rings (SSSR count). The van der Waals surface area contributed by atoms with E-state index in [1.807, 2.05) is 24.3 Å². The van der Waals surface area contributed by atoms with E-state index in [1.54, 1.807) is 24.2 Å². The van der Waals surface area contributed by atoms with E-state index in [2.05, 4.69) is 37.7 Å². The normalized spacial score (nSPS) is 15.4. The van der Waals surface area contributed by atoms with Gasteiger partial charge in [0.05, 0.1) is 5.56 Å². The Morgan fingerprint density at radius 1 is 1.16 bits per heavy atom. The second-order valence-corrected chi connectivity index (χ2v) is 7.97. The SMILES string of the molecule is CNc1ncc(C#Cc2ccc(N3CCCC3=O)cc2)c2cc(NC(=O)C3CC3)nnc12. The number of fused-ring (bicyclic) bond motifs is 1. The molecular formula is C24H22N6O2. The number of rotatable bonds is 4. The van der Waals surface area contributed by atoms with Crippen LogP contribution in [0.5, 0.6) is 0 Å². The van der Waals surface area contributed by atoms with Crippen LogP contribution in [0.4, 0.5) is 17.3 Å². The van der Waals surface area contributed by atoms with E-state index in [-0.39, 0.29) is 17.7 Å². The Morgan fingerprint density at radius 2 is 1.97 bits per heavy atom. The average Bonchev–Trinajstić information content (AvgIpc) is 3.59. The van der Waals surface area contributed by atoms with Crippen LogP contribution in [0, 0.1) is 17.8 Å². The molecular weight excluding hydrogens is 404 g/mol. The molecule has 2 aromatic heterocycles. The van der Waals surface area contributed by atoms with Crippen LogP contribution in [0.15, 0.2) is 36.5 Å². The molecule has 0 atom stereocenters. The van der Waals surface area contributed by atoms with E-state index < -0.39 is 0 Å². The number of hydrogen-bond acceptors (Lipinski definition) is 6. The van der Waals surface area contributed by atoms with Crippen LogP contribution < -0.4 is 15.5 Å². The number of carbonyl (C=O) groups excluding carboxylic acids is 2.